The van der Waals surface area contributed by atoms with Crippen molar-refractivity contribution in [1.29, 1.82) is 0 Å². The molecule has 0 saturated heterocycles. The van der Waals surface area contributed by atoms with E-state index in [-0.39, 0.29) is 11.4 Å². The Kier molecular flexibility index (Phi) is 4.18. The zero-order valence-corrected chi connectivity index (χ0v) is 11.5. The van der Waals surface area contributed by atoms with Crippen LogP contribution in [0.1, 0.15) is 24.2 Å². The van der Waals surface area contributed by atoms with Crippen LogP contribution in [-0.4, -0.2) is 10.0 Å². The number of benzene rings is 2. The Hall–Kier alpha value is -2.47. The molecule has 0 unspecified atom stereocenters. The molecular weight excluding hydrogens is 277 g/mol. The van der Waals surface area contributed by atoms with E-state index in [1.54, 1.807) is 31.2 Å². The largest absolute Gasteiger partial charge is 0.454 e. The molecule has 0 fully saturated rings. The number of para-hydroxylation sites is 1. The first-order valence-corrected chi connectivity index (χ1v) is 6.29. The molecule has 1 N–H and O–H groups in total. The molecule has 2 rings (SSSR count). The third-order valence-electron chi connectivity index (χ3n) is 3.04. The summed E-state index contributed by atoms with van der Waals surface area (Å²) in [6, 6.07) is 8.78. The highest BCUT2D eigenvalue weighted by Gasteiger charge is 2.18. The van der Waals surface area contributed by atoms with E-state index in [0.717, 1.165) is 6.07 Å². The molecule has 5 nitrogen and oxygen atoms in total. The smallest absolute Gasteiger partial charge is 0.275 e. The topological polar surface area (TPSA) is 72.6 Å². The molecule has 0 aliphatic heterocycles. The molecule has 1 atom stereocenters. The highest BCUT2D eigenvalue weighted by molar-refractivity contribution is 5.47. The molecule has 0 radical (unpaired) electrons. The Bertz CT molecular complexity index is 685. The molecule has 0 aliphatic carbocycles. The molecule has 0 aliphatic rings. The summed E-state index contributed by atoms with van der Waals surface area (Å²) in [5.41, 5.74) is 0.502. The van der Waals surface area contributed by atoms with E-state index in [0.29, 0.717) is 16.9 Å². The van der Waals surface area contributed by atoms with Crippen LogP contribution in [0, 0.1) is 22.9 Å². The Morgan fingerprint density at radius 3 is 2.57 bits per heavy atom. The molecule has 6 heteroatoms. The minimum absolute atomic E-state index is 0.119. The van der Waals surface area contributed by atoms with Crippen LogP contribution in [0.2, 0.25) is 0 Å². The number of nitrogens with zero attached hydrogens (tertiary/aromatic N) is 1. The maximum Gasteiger partial charge on any atom is 0.275 e. The van der Waals surface area contributed by atoms with Gasteiger partial charge in [0.15, 0.2) is 11.6 Å². The van der Waals surface area contributed by atoms with Gasteiger partial charge in [-0.15, -0.1) is 0 Å². The number of hydrogen-bond donors (Lipinski definition) is 1. The summed E-state index contributed by atoms with van der Waals surface area (Å²) in [6.07, 6.45) is -0.775. The van der Waals surface area contributed by atoms with Gasteiger partial charge in [0.05, 0.1) is 17.1 Å². The lowest BCUT2D eigenvalue weighted by Crippen LogP contribution is -1.99. The van der Waals surface area contributed by atoms with Crippen LogP contribution in [0.25, 0.3) is 0 Å². The fraction of sp³-hybridized carbons (Fsp3) is 0.200. The first-order valence-electron chi connectivity index (χ1n) is 6.29. The molecule has 0 bridgehead atoms. The SMILES string of the molecule is Cc1cc(Oc2ccccc2[C@@H](C)O)c(F)cc1[N+](=O)[O-]. The summed E-state index contributed by atoms with van der Waals surface area (Å²) >= 11 is 0. The Morgan fingerprint density at radius 1 is 1.29 bits per heavy atom. The third kappa shape index (κ3) is 3.17. The van der Waals surface area contributed by atoms with E-state index in [2.05, 4.69) is 0 Å². The minimum Gasteiger partial charge on any atom is -0.454 e. The van der Waals surface area contributed by atoms with Crippen molar-refractivity contribution in [2.24, 2.45) is 0 Å². The van der Waals surface area contributed by atoms with E-state index in [1.807, 2.05) is 0 Å². The molecule has 2 aromatic carbocycles. The number of hydrogen-bond acceptors (Lipinski definition) is 4. The summed E-state index contributed by atoms with van der Waals surface area (Å²) < 4.78 is 19.4. The number of ether oxygens (including phenoxy) is 1. The van der Waals surface area contributed by atoms with Gasteiger partial charge in [0.2, 0.25) is 0 Å². The first-order chi connectivity index (χ1) is 9.90. The van der Waals surface area contributed by atoms with Gasteiger partial charge in [-0.25, -0.2) is 4.39 Å². The molecule has 2 aromatic rings. The molecule has 0 amide bonds. The maximum absolute atomic E-state index is 13.9. The Labute approximate surface area is 120 Å². The van der Waals surface area contributed by atoms with Gasteiger partial charge in [0.1, 0.15) is 5.75 Å². The number of halogens is 1. The summed E-state index contributed by atoms with van der Waals surface area (Å²) in [6.45, 7) is 3.07. The zero-order chi connectivity index (χ0) is 15.6. The van der Waals surface area contributed by atoms with Gasteiger partial charge in [-0.2, -0.15) is 0 Å². The lowest BCUT2D eigenvalue weighted by Gasteiger charge is -2.13. The van der Waals surface area contributed by atoms with Crippen LogP contribution < -0.4 is 4.74 Å². The molecule has 0 spiro atoms. The van der Waals surface area contributed by atoms with Gasteiger partial charge >= 0.3 is 0 Å². The lowest BCUT2D eigenvalue weighted by molar-refractivity contribution is -0.385. The third-order valence-corrected chi connectivity index (χ3v) is 3.04. The van der Waals surface area contributed by atoms with Crippen LogP contribution in [0.3, 0.4) is 0 Å². The second kappa shape index (κ2) is 5.88. The first kappa shape index (κ1) is 14.9. The Morgan fingerprint density at radius 2 is 1.95 bits per heavy atom. The number of aliphatic hydroxyl groups excluding tert-OH is 1. The van der Waals surface area contributed by atoms with Crippen molar-refractivity contribution in [3.05, 3.63) is 63.5 Å². The van der Waals surface area contributed by atoms with Crippen molar-refractivity contribution in [3.63, 3.8) is 0 Å². The van der Waals surface area contributed by atoms with Crippen molar-refractivity contribution >= 4 is 5.69 Å². The molecular formula is C15H14FNO4. The van der Waals surface area contributed by atoms with E-state index in [1.165, 1.54) is 13.0 Å². The Balaban J connectivity index is 2.41. The normalized spacial score (nSPS) is 12.0. The summed E-state index contributed by atoms with van der Waals surface area (Å²) in [5, 5.41) is 20.4. The van der Waals surface area contributed by atoms with E-state index >= 15 is 0 Å². The van der Waals surface area contributed by atoms with Gasteiger partial charge in [-0.1, -0.05) is 18.2 Å². The van der Waals surface area contributed by atoms with Crippen LogP contribution in [-0.2, 0) is 0 Å². The van der Waals surface area contributed by atoms with Crippen molar-refractivity contribution in [3.8, 4) is 11.5 Å². The number of nitro benzene ring substituents is 1. The number of aliphatic hydroxyl groups is 1. The van der Waals surface area contributed by atoms with Crippen LogP contribution >= 0.6 is 0 Å². The van der Waals surface area contributed by atoms with Crippen LogP contribution in [0.15, 0.2) is 36.4 Å². The lowest BCUT2D eigenvalue weighted by atomic mass is 10.1. The molecule has 21 heavy (non-hydrogen) atoms. The highest BCUT2D eigenvalue weighted by atomic mass is 19.1. The maximum atomic E-state index is 13.9. The predicted octanol–water partition coefficient (Wildman–Crippen LogP) is 3.89. The average molecular weight is 291 g/mol. The van der Waals surface area contributed by atoms with Gasteiger partial charge in [0.25, 0.3) is 5.69 Å². The standard InChI is InChI=1S/C15H14FNO4/c1-9-7-15(12(16)8-13(9)17(19)20)21-14-6-4-3-5-11(14)10(2)18/h3-8,10,18H,1-2H3/t10-/m1/s1. The molecule has 110 valence electrons. The second-order valence-corrected chi connectivity index (χ2v) is 4.64. The van der Waals surface area contributed by atoms with E-state index in [4.69, 9.17) is 4.74 Å². The van der Waals surface area contributed by atoms with Crippen molar-refractivity contribution < 1.29 is 19.2 Å². The zero-order valence-electron chi connectivity index (χ0n) is 11.5. The van der Waals surface area contributed by atoms with Crippen LogP contribution in [0.4, 0.5) is 10.1 Å². The predicted molar refractivity (Wildman–Crippen MR) is 74.9 cm³/mol. The van der Waals surface area contributed by atoms with Crippen molar-refractivity contribution in [2.75, 3.05) is 0 Å². The molecule has 0 heterocycles. The summed E-state index contributed by atoms with van der Waals surface area (Å²) in [5.74, 6) is -0.640. The number of rotatable bonds is 4. The van der Waals surface area contributed by atoms with Crippen molar-refractivity contribution in [2.45, 2.75) is 20.0 Å². The molecule has 0 aromatic heterocycles. The molecule has 0 saturated carbocycles. The fourth-order valence-electron chi connectivity index (χ4n) is 1.96. The van der Waals surface area contributed by atoms with Gasteiger partial charge < -0.3 is 9.84 Å². The summed E-state index contributed by atoms with van der Waals surface area (Å²) in [7, 11) is 0. The fourth-order valence-corrected chi connectivity index (χ4v) is 1.96. The summed E-state index contributed by atoms with van der Waals surface area (Å²) in [4.78, 5) is 10.1. The van der Waals surface area contributed by atoms with Gasteiger partial charge in [0, 0.05) is 11.1 Å². The second-order valence-electron chi connectivity index (χ2n) is 4.64. The van der Waals surface area contributed by atoms with E-state index < -0.39 is 16.8 Å². The van der Waals surface area contributed by atoms with Crippen LogP contribution in [0.5, 0.6) is 11.5 Å². The van der Waals surface area contributed by atoms with E-state index in [9.17, 15) is 19.6 Å². The quantitative estimate of drug-likeness (QED) is 0.685. The van der Waals surface area contributed by atoms with Crippen molar-refractivity contribution in [1.82, 2.24) is 0 Å². The minimum atomic E-state index is -0.826. The van der Waals surface area contributed by atoms with Gasteiger partial charge in [-0.3, -0.25) is 10.1 Å². The highest BCUT2D eigenvalue weighted by Crippen LogP contribution is 2.33. The number of nitro groups is 1. The number of aryl methyl sites for hydroxylation is 1. The van der Waals surface area contributed by atoms with Gasteiger partial charge in [-0.05, 0) is 26.0 Å². The average Bonchev–Trinajstić information content (AvgIpc) is 2.42. The monoisotopic (exact) mass is 291 g/mol.